The number of nitrogens with one attached hydrogen (secondary N) is 2. The van der Waals surface area contributed by atoms with Crippen LogP contribution in [0.1, 0.15) is 25.8 Å². The first kappa shape index (κ1) is 16.2. The van der Waals surface area contributed by atoms with Crippen LogP contribution < -0.4 is 10.6 Å². The van der Waals surface area contributed by atoms with Gasteiger partial charge in [-0.3, -0.25) is 4.68 Å². The Morgan fingerprint density at radius 3 is 2.71 bits per heavy atom. The van der Waals surface area contributed by atoms with Crippen LogP contribution in [0, 0.1) is 0 Å². The van der Waals surface area contributed by atoms with Crippen LogP contribution in [-0.2, 0) is 13.6 Å². The highest BCUT2D eigenvalue weighted by Gasteiger charge is 1.97. The highest BCUT2D eigenvalue weighted by atomic mass is 127. The zero-order valence-corrected chi connectivity index (χ0v) is 13.1. The maximum absolute atomic E-state index is 4.48. The van der Waals surface area contributed by atoms with E-state index in [1.807, 2.05) is 19.4 Å². The molecule has 0 fully saturated rings. The molecule has 0 spiro atoms. The minimum Gasteiger partial charge on any atom is -0.357 e. The van der Waals surface area contributed by atoms with Gasteiger partial charge in [0, 0.05) is 31.9 Å². The van der Waals surface area contributed by atoms with E-state index < -0.39 is 0 Å². The molecule has 0 bridgehead atoms. The molecule has 1 rings (SSSR count). The third-order valence-corrected chi connectivity index (χ3v) is 2.06. The Kier molecular flexibility index (Phi) is 8.83. The summed E-state index contributed by atoms with van der Waals surface area (Å²) >= 11 is 0. The van der Waals surface area contributed by atoms with E-state index in [1.165, 1.54) is 0 Å². The second-order valence-electron chi connectivity index (χ2n) is 3.64. The summed E-state index contributed by atoms with van der Waals surface area (Å²) in [7, 11) is 1.91. The van der Waals surface area contributed by atoms with Crippen LogP contribution >= 0.6 is 24.0 Å². The van der Waals surface area contributed by atoms with Crippen molar-refractivity contribution >= 4 is 29.9 Å². The third-order valence-electron chi connectivity index (χ3n) is 2.06. The predicted molar refractivity (Wildman–Crippen MR) is 81.7 cm³/mol. The number of rotatable bonds is 5. The Balaban J connectivity index is 0.00000256. The molecule has 0 aliphatic rings. The SMILES string of the molecule is CCCNC(=NCc1cnn(C)c1)NCC.I. The van der Waals surface area contributed by atoms with Crippen molar-refractivity contribution < 1.29 is 0 Å². The Hall–Kier alpha value is -0.790. The van der Waals surface area contributed by atoms with Gasteiger partial charge in [0.2, 0.25) is 0 Å². The van der Waals surface area contributed by atoms with Crippen LogP contribution in [0.25, 0.3) is 0 Å². The van der Waals surface area contributed by atoms with Gasteiger partial charge in [-0.1, -0.05) is 6.92 Å². The maximum atomic E-state index is 4.48. The molecule has 0 atom stereocenters. The number of guanidine groups is 1. The van der Waals surface area contributed by atoms with Gasteiger partial charge in [-0.05, 0) is 13.3 Å². The van der Waals surface area contributed by atoms with Crippen molar-refractivity contribution in [2.45, 2.75) is 26.8 Å². The highest BCUT2D eigenvalue weighted by Crippen LogP contribution is 1.97. The van der Waals surface area contributed by atoms with Crippen molar-refractivity contribution in [3.05, 3.63) is 18.0 Å². The van der Waals surface area contributed by atoms with Crippen LogP contribution in [0.2, 0.25) is 0 Å². The fraction of sp³-hybridized carbons (Fsp3) is 0.636. The van der Waals surface area contributed by atoms with E-state index in [2.05, 4.69) is 34.6 Å². The first-order chi connectivity index (χ1) is 7.76. The van der Waals surface area contributed by atoms with Crippen LogP contribution in [-0.4, -0.2) is 28.8 Å². The minimum atomic E-state index is 0. The summed E-state index contributed by atoms with van der Waals surface area (Å²) in [4.78, 5) is 4.48. The quantitative estimate of drug-likeness (QED) is 0.480. The molecule has 0 saturated carbocycles. The van der Waals surface area contributed by atoms with E-state index in [0.717, 1.165) is 31.0 Å². The van der Waals surface area contributed by atoms with Crippen molar-refractivity contribution in [2.24, 2.45) is 12.0 Å². The summed E-state index contributed by atoms with van der Waals surface area (Å²) in [5.74, 6) is 0.869. The largest absolute Gasteiger partial charge is 0.357 e. The maximum Gasteiger partial charge on any atom is 0.191 e. The Bertz CT molecular complexity index is 334. The molecule has 17 heavy (non-hydrogen) atoms. The van der Waals surface area contributed by atoms with Crippen molar-refractivity contribution in [2.75, 3.05) is 13.1 Å². The third kappa shape index (κ3) is 6.50. The summed E-state index contributed by atoms with van der Waals surface area (Å²) in [6, 6.07) is 0. The molecule has 0 saturated heterocycles. The Morgan fingerprint density at radius 2 is 2.18 bits per heavy atom. The van der Waals surface area contributed by atoms with Crippen molar-refractivity contribution in [1.82, 2.24) is 20.4 Å². The van der Waals surface area contributed by atoms with E-state index in [4.69, 9.17) is 0 Å². The highest BCUT2D eigenvalue weighted by molar-refractivity contribution is 14.0. The summed E-state index contributed by atoms with van der Waals surface area (Å²) in [6.45, 7) is 6.68. The van der Waals surface area contributed by atoms with E-state index >= 15 is 0 Å². The lowest BCUT2D eigenvalue weighted by atomic mass is 10.4. The molecule has 5 nitrogen and oxygen atoms in total. The Labute approximate surface area is 120 Å². The lowest BCUT2D eigenvalue weighted by Crippen LogP contribution is -2.37. The van der Waals surface area contributed by atoms with Crippen molar-refractivity contribution in [3.63, 3.8) is 0 Å². The minimum absolute atomic E-state index is 0. The molecule has 0 aromatic carbocycles. The fourth-order valence-corrected chi connectivity index (χ4v) is 1.31. The number of halogens is 1. The van der Waals surface area contributed by atoms with Gasteiger partial charge < -0.3 is 10.6 Å². The smallest absolute Gasteiger partial charge is 0.191 e. The number of aliphatic imine (C=N–C) groups is 1. The molecular weight excluding hydrogens is 329 g/mol. The monoisotopic (exact) mass is 351 g/mol. The van der Waals surface area contributed by atoms with Gasteiger partial charge in [0.1, 0.15) is 0 Å². The van der Waals surface area contributed by atoms with Gasteiger partial charge >= 0.3 is 0 Å². The van der Waals surface area contributed by atoms with Gasteiger partial charge in [-0.15, -0.1) is 24.0 Å². The van der Waals surface area contributed by atoms with E-state index in [-0.39, 0.29) is 24.0 Å². The molecular formula is C11H22IN5. The molecule has 0 unspecified atom stereocenters. The number of aryl methyl sites for hydroxylation is 1. The van der Waals surface area contributed by atoms with E-state index in [0.29, 0.717) is 6.54 Å². The number of aromatic nitrogens is 2. The molecule has 2 N–H and O–H groups in total. The van der Waals surface area contributed by atoms with Crippen molar-refractivity contribution in [1.29, 1.82) is 0 Å². The standard InChI is InChI=1S/C11H21N5.HI/c1-4-6-13-11(12-5-2)14-7-10-8-15-16(3)9-10;/h8-9H,4-7H2,1-3H3,(H2,12,13,14);1H. The van der Waals surface area contributed by atoms with Gasteiger partial charge in [-0.25, -0.2) is 4.99 Å². The average Bonchev–Trinajstić information content (AvgIpc) is 2.68. The topological polar surface area (TPSA) is 54.2 Å². The van der Waals surface area contributed by atoms with Crippen LogP contribution in [0.3, 0.4) is 0 Å². The van der Waals surface area contributed by atoms with Gasteiger partial charge in [0.05, 0.1) is 12.7 Å². The fourth-order valence-electron chi connectivity index (χ4n) is 1.31. The number of hydrogen-bond donors (Lipinski definition) is 2. The molecule has 0 aliphatic heterocycles. The molecule has 1 aromatic heterocycles. The van der Waals surface area contributed by atoms with Crippen LogP contribution in [0.15, 0.2) is 17.4 Å². The molecule has 6 heteroatoms. The number of hydrogen-bond acceptors (Lipinski definition) is 2. The molecule has 1 aromatic rings. The average molecular weight is 351 g/mol. The van der Waals surface area contributed by atoms with Gasteiger partial charge in [0.15, 0.2) is 5.96 Å². The molecule has 0 aliphatic carbocycles. The molecule has 98 valence electrons. The van der Waals surface area contributed by atoms with Crippen molar-refractivity contribution in [3.8, 4) is 0 Å². The van der Waals surface area contributed by atoms with Crippen LogP contribution in [0.5, 0.6) is 0 Å². The molecule has 0 amide bonds. The number of nitrogens with zero attached hydrogens (tertiary/aromatic N) is 3. The second-order valence-corrected chi connectivity index (χ2v) is 3.64. The summed E-state index contributed by atoms with van der Waals surface area (Å²) in [5, 5.41) is 10.6. The van der Waals surface area contributed by atoms with E-state index in [1.54, 1.807) is 4.68 Å². The normalized spacial score (nSPS) is 10.9. The summed E-state index contributed by atoms with van der Waals surface area (Å²) in [5.41, 5.74) is 1.12. The summed E-state index contributed by atoms with van der Waals surface area (Å²) in [6.07, 6.45) is 4.91. The van der Waals surface area contributed by atoms with E-state index in [9.17, 15) is 0 Å². The lowest BCUT2D eigenvalue weighted by Gasteiger charge is -2.09. The molecule has 1 heterocycles. The second kappa shape index (κ2) is 9.26. The first-order valence-corrected chi connectivity index (χ1v) is 5.76. The first-order valence-electron chi connectivity index (χ1n) is 5.76. The Morgan fingerprint density at radius 1 is 1.41 bits per heavy atom. The van der Waals surface area contributed by atoms with Gasteiger partial charge in [-0.2, -0.15) is 5.10 Å². The summed E-state index contributed by atoms with van der Waals surface area (Å²) < 4.78 is 1.79. The predicted octanol–water partition coefficient (Wildman–Crippen LogP) is 1.50. The van der Waals surface area contributed by atoms with Gasteiger partial charge in [0.25, 0.3) is 0 Å². The zero-order valence-electron chi connectivity index (χ0n) is 10.7. The lowest BCUT2D eigenvalue weighted by molar-refractivity contribution is 0.766. The zero-order chi connectivity index (χ0) is 11.8. The molecule has 0 radical (unpaired) electrons. The van der Waals surface area contributed by atoms with Crippen LogP contribution in [0.4, 0.5) is 0 Å².